The Morgan fingerprint density at radius 3 is 2.62 bits per heavy atom. The van der Waals surface area contributed by atoms with Crippen LogP contribution in [0, 0.1) is 11.3 Å². The normalized spacial score (nSPS) is 25.2. The van der Waals surface area contributed by atoms with E-state index in [9.17, 15) is 25.4 Å². The quantitative estimate of drug-likeness (QED) is 0.187. The summed E-state index contributed by atoms with van der Waals surface area (Å²) in [4.78, 5) is 16.9. The standard InChI is InChI=1S/C31H36N4O6S/c1-2-25-28(36)29(37)27(31(39)41-25)34-30(38)22(18-32)17-24-7-8-26(42-24)21-4-3-20-16-23(6-5-19(20)15-21)33-9-10-35-11-13-40-14-12-35/h3-8,15-17,25,27-29,31,33,36-37,39H,2,9-14H2,1H3,(H,34,38)/b22-17+/t25-,27-,28-,29-,31?/m1/s1. The molecule has 0 bridgehead atoms. The number of anilines is 1. The third-order valence-electron chi connectivity index (χ3n) is 7.68. The zero-order chi connectivity index (χ0) is 29.6. The highest BCUT2D eigenvalue weighted by atomic mass is 32.1. The molecular formula is C31H36N4O6S. The van der Waals surface area contributed by atoms with Gasteiger partial charge in [0.05, 0.1) is 19.3 Å². The first kappa shape index (κ1) is 30.1. The van der Waals surface area contributed by atoms with E-state index in [1.807, 2.05) is 18.2 Å². The molecule has 5 N–H and O–H groups in total. The molecule has 3 heterocycles. The number of amides is 1. The van der Waals surface area contributed by atoms with Gasteiger partial charge in [-0.15, -0.1) is 11.3 Å². The highest BCUT2D eigenvalue weighted by Gasteiger charge is 2.44. The molecule has 10 nitrogen and oxygen atoms in total. The van der Waals surface area contributed by atoms with Gasteiger partial charge in [-0.25, -0.2) is 0 Å². The molecule has 42 heavy (non-hydrogen) atoms. The number of carbonyl (C=O) groups is 1. The van der Waals surface area contributed by atoms with Crippen molar-refractivity contribution in [2.24, 2.45) is 0 Å². The van der Waals surface area contributed by atoms with Crippen molar-refractivity contribution in [2.75, 3.05) is 44.7 Å². The summed E-state index contributed by atoms with van der Waals surface area (Å²) in [5.41, 5.74) is 1.91. The number of hydrogen-bond donors (Lipinski definition) is 5. The Balaban J connectivity index is 1.23. The molecule has 2 aliphatic heterocycles. The van der Waals surface area contributed by atoms with Crippen LogP contribution in [0.5, 0.6) is 0 Å². The predicted molar refractivity (Wildman–Crippen MR) is 162 cm³/mol. The van der Waals surface area contributed by atoms with Gasteiger partial charge in [-0.3, -0.25) is 9.69 Å². The minimum Gasteiger partial charge on any atom is -0.388 e. The average Bonchev–Trinajstić information content (AvgIpc) is 3.48. The van der Waals surface area contributed by atoms with Gasteiger partial charge < -0.3 is 35.4 Å². The first-order valence-corrected chi connectivity index (χ1v) is 15.0. The van der Waals surface area contributed by atoms with Crippen LogP contribution < -0.4 is 10.6 Å². The number of fused-ring (bicyclic) bond motifs is 1. The number of benzene rings is 2. The van der Waals surface area contributed by atoms with Crippen molar-refractivity contribution >= 4 is 39.8 Å². The SMILES string of the molecule is CC[C@H]1OC(O)[C@H](NC(=O)/C(C#N)=C/c2ccc(-c3ccc4cc(NCCN5CCOCC5)ccc4c3)s2)[C@@H](O)[C@@H]1O. The maximum atomic E-state index is 12.8. The van der Waals surface area contributed by atoms with Crippen molar-refractivity contribution in [2.45, 2.75) is 44.0 Å². The number of ether oxygens (including phenoxy) is 2. The number of thiophene rings is 1. The van der Waals surface area contributed by atoms with E-state index in [1.165, 1.54) is 17.4 Å². The minimum atomic E-state index is -1.51. The van der Waals surface area contributed by atoms with Gasteiger partial charge in [0.25, 0.3) is 5.91 Å². The Kier molecular flexibility index (Phi) is 9.87. The van der Waals surface area contributed by atoms with Crippen LogP contribution in [0.1, 0.15) is 18.2 Å². The molecule has 222 valence electrons. The van der Waals surface area contributed by atoms with E-state index in [2.05, 4.69) is 51.9 Å². The van der Waals surface area contributed by atoms with E-state index in [0.717, 1.165) is 66.3 Å². The van der Waals surface area contributed by atoms with Crippen molar-refractivity contribution in [3.63, 3.8) is 0 Å². The van der Waals surface area contributed by atoms with Crippen molar-refractivity contribution < 1.29 is 29.6 Å². The first-order chi connectivity index (χ1) is 20.4. The summed E-state index contributed by atoms with van der Waals surface area (Å²) in [6.07, 6.45) is -3.13. The number of nitrogens with zero attached hydrogens (tertiary/aromatic N) is 2. The lowest BCUT2D eigenvalue weighted by atomic mass is 9.95. The zero-order valence-corrected chi connectivity index (χ0v) is 24.2. The average molecular weight is 593 g/mol. The molecule has 2 aromatic carbocycles. The molecule has 3 aromatic rings. The maximum Gasteiger partial charge on any atom is 0.262 e. The Morgan fingerprint density at radius 2 is 1.86 bits per heavy atom. The molecule has 1 amide bonds. The van der Waals surface area contributed by atoms with Crippen molar-refractivity contribution in [1.29, 1.82) is 5.26 Å². The summed E-state index contributed by atoms with van der Waals surface area (Å²) in [6.45, 7) is 7.14. The molecule has 11 heteroatoms. The van der Waals surface area contributed by atoms with Gasteiger partial charge in [0.2, 0.25) is 0 Å². The number of aliphatic hydroxyl groups is 3. The first-order valence-electron chi connectivity index (χ1n) is 14.2. The van der Waals surface area contributed by atoms with E-state index in [1.54, 1.807) is 6.92 Å². The van der Waals surface area contributed by atoms with Gasteiger partial charge in [-0.1, -0.05) is 25.1 Å². The number of nitrogens with one attached hydrogen (secondary N) is 2. The van der Waals surface area contributed by atoms with Crippen LogP contribution in [-0.2, 0) is 14.3 Å². The molecule has 0 radical (unpaired) electrons. The van der Waals surface area contributed by atoms with E-state index in [-0.39, 0.29) is 5.57 Å². The second kappa shape index (κ2) is 13.8. The Morgan fingerprint density at radius 1 is 1.10 bits per heavy atom. The van der Waals surface area contributed by atoms with Gasteiger partial charge in [0.15, 0.2) is 6.29 Å². The topological polar surface area (TPSA) is 147 Å². The number of nitriles is 1. The highest BCUT2D eigenvalue weighted by Crippen LogP contribution is 2.32. The molecule has 0 aliphatic carbocycles. The third kappa shape index (κ3) is 6.99. The van der Waals surface area contributed by atoms with Crippen LogP contribution in [0.3, 0.4) is 0 Å². The van der Waals surface area contributed by atoms with Gasteiger partial charge in [0.1, 0.15) is 29.9 Å². The number of morpholine rings is 1. The van der Waals surface area contributed by atoms with Crippen LogP contribution in [0.4, 0.5) is 5.69 Å². The smallest absolute Gasteiger partial charge is 0.262 e. The monoisotopic (exact) mass is 592 g/mol. The van der Waals surface area contributed by atoms with Crippen LogP contribution in [-0.4, -0.2) is 96.2 Å². The van der Waals surface area contributed by atoms with E-state index in [0.29, 0.717) is 11.3 Å². The molecule has 2 saturated heterocycles. The highest BCUT2D eigenvalue weighted by molar-refractivity contribution is 7.16. The van der Waals surface area contributed by atoms with Crippen LogP contribution in [0.15, 0.2) is 54.1 Å². The Hall–Kier alpha value is -3.34. The van der Waals surface area contributed by atoms with Crippen molar-refractivity contribution in [1.82, 2.24) is 10.2 Å². The number of rotatable bonds is 9. The molecule has 2 fully saturated rings. The number of hydrogen-bond acceptors (Lipinski definition) is 10. The van der Waals surface area contributed by atoms with Crippen LogP contribution in [0.25, 0.3) is 27.3 Å². The number of carbonyl (C=O) groups excluding carboxylic acids is 1. The summed E-state index contributed by atoms with van der Waals surface area (Å²) < 4.78 is 10.7. The van der Waals surface area contributed by atoms with E-state index < -0.39 is 36.6 Å². The van der Waals surface area contributed by atoms with Gasteiger partial charge in [-0.2, -0.15) is 5.26 Å². The molecular weight excluding hydrogens is 556 g/mol. The number of aliphatic hydroxyl groups excluding tert-OH is 3. The predicted octanol–water partition coefficient (Wildman–Crippen LogP) is 2.55. The third-order valence-corrected chi connectivity index (χ3v) is 8.77. The van der Waals surface area contributed by atoms with Gasteiger partial charge >= 0.3 is 0 Å². The van der Waals surface area contributed by atoms with Crippen LogP contribution >= 0.6 is 11.3 Å². The summed E-state index contributed by atoms with van der Waals surface area (Å²) in [5.74, 6) is -0.777. The molecule has 0 spiro atoms. The lowest BCUT2D eigenvalue weighted by Crippen LogP contribution is -2.63. The molecule has 5 rings (SSSR count). The van der Waals surface area contributed by atoms with Gasteiger partial charge in [0, 0.05) is 41.6 Å². The molecule has 5 atom stereocenters. The Labute approximate surface area is 248 Å². The summed E-state index contributed by atoms with van der Waals surface area (Å²) in [6, 6.07) is 17.0. The second-order valence-corrected chi connectivity index (χ2v) is 11.6. The molecule has 0 saturated carbocycles. The molecule has 1 unspecified atom stereocenters. The largest absolute Gasteiger partial charge is 0.388 e. The fraction of sp³-hybridized carbons (Fsp3) is 0.419. The van der Waals surface area contributed by atoms with Crippen molar-refractivity contribution in [3.05, 3.63) is 59.0 Å². The summed E-state index contributed by atoms with van der Waals surface area (Å²) in [7, 11) is 0. The van der Waals surface area contributed by atoms with Crippen molar-refractivity contribution in [3.8, 4) is 16.5 Å². The minimum absolute atomic E-state index is 0.193. The van der Waals surface area contributed by atoms with Crippen LogP contribution in [0.2, 0.25) is 0 Å². The van der Waals surface area contributed by atoms with E-state index >= 15 is 0 Å². The van der Waals surface area contributed by atoms with Gasteiger partial charge in [-0.05, 0) is 59.2 Å². The lowest BCUT2D eigenvalue weighted by Gasteiger charge is -2.40. The van der Waals surface area contributed by atoms with E-state index in [4.69, 9.17) is 9.47 Å². The lowest BCUT2D eigenvalue weighted by molar-refractivity contribution is -0.247. The molecule has 1 aromatic heterocycles. The maximum absolute atomic E-state index is 12.8. The second-order valence-electron chi connectivity index (χ2n) is 10.5. The Bertz CT molecular complexity index is 1460. The summed E-state index contributed by atoms with van der Waals surface area (Å²) in [5, 5.41) is 48.7. The molecule has 2 aliphatic rings. The fourth-order valence-electron chi connectivity index (χ4n) is 5.24. The zero-order valence-electron chi connectivity index (χ0n) is 23.4. The summed E-state index contributed by atoms with van der Waals surface area (Å²) >= 11 is 1.44. The fourth-order valence-corrected chi connectivity index (χ4v) is 6.18.